The van der Waals surface area contributed by atoms with Crippen LogP contribution in [0.3, 0.4) is 0 Å². The van der Waals surface area contributed by atoms with E-state index in [4.69, 9.17) is 28.4 Å². The number of fused-ring (bicyclic) bond motifs is 3. The summed E-state index contributed by atoms with van der Waals surface area (Å²) in [4.78, 5) is 60.7. The van der Waals surface area contributed by atoms with E-state index < -0.39 is 29.8 Å². The molecule has 5 rings (SSSR count). The Bertz CT molecular complexity index is 1900. The molecule has 2 aliphatic carbocycles. The molecule has 12 heteroatoms. The fourth-order valence-corrected chi connectivity index (χ4v) is 6.35. The molecule has 0 aliphatic heterocycles. The number of hydrogen-bond acceptors (Lipinski definition) is 12. The zero-order valence-electron chi connectivity index (χ0n) is 31.2. The number of ether oxygens (including phenoxy) is 7. The third-order valence-electron chi connectivity index (χ3n) is 9.32. The summed E-state index contributed by atoms with van der Waals surface area (Å²) in [5.41, 5.74) is 4.55. The van der Waals surface area contributed by atoms with Crippen molar-refractivity contribution in [3.05, 3.63) is 102 Å². The number of hydrogen-bond donors (Lipinski definition) is 0. The molecule has 2 aliphatic rings. The molecule has 0 spiro atoms. The Kier molecular flexibility index (Phi) is 14.2. The van der Waals surface area contributed by atoms with Gasteiger partial charge in [-0.1, -0.05) is 38.6 Å². The van der Waals surface area contributed by atoms with Gasteiger partial charge < -0.3 is 33.2 Å². The molecule has 3 aromatic rings. The Labute approximate surface area is 320 Å². The topological polar surface area (TPSA) is 150 Å². The minimum Gasteiger partial charge on any atom is -0.493 e. The molecule has 0 amide bonds. The molecular weight excluding hydrogens is 708 g/mol. The van der Waals surface area contributed by atoms with Gasteiger partial charge in [-0.15, -0.1) is 0 Å². The van der Waals surface area contributed by atoms with Gasteiger partial charge in [-0.3, -0.25) is 9.59 Å². The third-order valence-corrected chi connectivity index (χ3v) is 9.32. The summed E-state index contributed by atoms with van der Waals surface area (Å²) in [5, 5.41) is 0. The minimum atomic E-state index is -0.667. The highest BCUT2D eigenvalue weighted by molar-refractivity contribution is 5.94. The first-order valence-corrected chi connectivity index (χ1v) is 18.3. The van der Waals surface area contributed by atoms with Crippen LogP contribution >= 0.6 is 0 Å². The van der Waals surface area contributed by atoms with Crippen LogP contribution in [0.15, 0.2) is 85.0 Å². The molecule has 1 saturated carbocycles. The number of benzene rings is 3. The summed E-state index contributed by atoms with van der Waals surface area (Å²) >= 11 is 0. The van der Waals surface area contributed by atoms with Gasteiger partial charge in [0.25, 0.3) is 0 Å². The maximum absolute atomic E-state index is 13.0. The maximum Gasteiger partial charge on any atom is 0.343 e. The molecule has 290 valence electrons. The van der Waals surface area contributed by atoms with Crippen molar-refractivity contribution in [1.29, 1.82) is 0 Å². The summed E-state index contributed by atoms with van der Waals surface area (Å²) < 4.78 is 37.6. The smallest absolute Gasteiger partial charge is 0.343 e. The summed E-state index contributed by atoms with van der Waals surface area (Å²) in [6.07, 6.45) is 4.84. The Balaban J connectivity index is 1.03. The lowest BCUT2D eigenvalue weighted by atomic mass is 9.98. The quantitative estimate of drug-likeness (QED) is 0.0424. The molecule has 0 heterocycles. The van der Waals surface area contributed by atoms with Gasteiger partial charge in [0.1, 0.15) is 36.6 Å². The van der Waals surface area contributed by atoms with E-state index in [1.165, 1.54) is 7.11 Å². The fraction of sp³-hybridized carbons (Fsp3) is 0.372. The fourth-order valence-electron chi connectivity index (χ4n) is 6.35. The average molecular weight is 755 g/mol. The molecule has 12 nitrogen and oxygen atoms in total. The van der Waals surface area contributed by atoms with Crippen molar-refractivity contribution in [2.75, 3.05) is 33.5 Å². The van der Waals surface area contributed by atoms with Crippen LogP contribution in [0.1, 0.15) is 85.7 Å². The largest absolute Gasteiger partial charge is 0.493 e. The molecule has 0 saturated heterocycles. The molecule has 0 aromatic heterocycles. The maximum atomic E-state index is 13.0. The van der Waals surface area contributed by atoms with Crippen LogP contribution in [0.25, 0.3) is 11.1 Å². The van der Waals surface area contributed by atoms with Gasteiger partial charge in [-0.2, -0.15) is 0 Å². The van der Waals surface area contributed by atoms with Gasteiger partial charge >= 0.3 is 29.8 Å². The highest BCUT2D eigenvalue weighted by atomic mass is 16.6. The number of esters is 5. The molecule has 1 fully saturated rings. The van der Waals surface area contributed by atoms with Crippen molar-refractivity contribution in [3.8, 4) is 28.4 Å². The lowest BCUT2D eigenvalue weighted by Gasteiger charge is -2.21. The SMILES string of the molecule is C=C(CC(=O)OC)C(=O)OCCCOc1ccc(C(=O)Oc2ccc3c(c2)C(C)c2cc(OCCOC(=O)C(=C)CC(=O)OC4CCCCC4)ccc2-3)cc1. The number of carbonyl (C=O) groups is 5. The zero-order chi connectivity index (χ0) is 39.3. The average Bonchev–Trinajstić information content (AvgIpc) is 3.46. The number of rotatable bonds is 18. The van der Waals surface area contributed by atoms with E-state index in [0.29, 0.717) is 29.2 Å². The first-order valence-electron chi connectivity index (χ1n) is 18.3. The molecule has 55 heavy (non-hydrogen) atoms. The lowest BCUT2D eigenvalue weighted by molar-refractivity contribution is -0.151. The van der Waals surface area contributed by atoms with Crippen LogP contribution in [-0.2, 0) is 38.1 Å². The van der Waals surface area contributed by atoms with Gasteiger partial charge in [0.05, 0.1) is 38.7 Å². The molecule has 0 radical (unpaired) electrons. The number of carbonyl (C=O) groups excluding carboxylic acids is 5. The second kappa shape index (κ2) is 19.4. The highest BCUT2D eigenvalue weighted by Gasteiger charge is 2.27. The molecular formula is C43H46O12. The Morgan fingerprint density at radius 3 is 1.87 bits per heavy atom. The monoisotopic (exact) mass is 754 g/mol. The molecule has 0 bridgehead atoms. The van der Waals surface area contributed by atoms with Crippen molar-refractivity contribution < 1.29 is 57.1 Å². The summed E-state index contributed by atoms with van der Waals surface area (Å²) in [6.45, 7) is 9.74. The molecule has 0 N–H and O–H groups in total. The lowest BCUT2D eigenvalue weighted by Crippen LogP contribution is -2.22. The summed E-state index contributed by atoms with van der Waals surface area (Å²) in [7, 11) is 1.23. The first-order chi connectivity index (χ1) is 26.5. The molecule has 1 unspecified atom stereocenters. The van der Waals surface area contributed by atoms with Crippen LogP contribution in [-0.4, -0.2) is 69.5 Å². The van der Waals surface area contributed by atoms with E-state index in [-0.39, 0.29) is 62.4 Å². The van der Waals surface area contributed by atoms with Gasteiger partial charge in [-0.05, 0) is 96.5 Å². The van der Waals surface area contributed by atoms with E-state index in [1.807, 2.05) is 30.3 Å². The van der Waals surface area contributed by atoms with E-state index in [2.05, 4.69) is 24.8 Å². The van der Waals surface area contributed by atoms with Crippen LogP contribution < -0.4 is 14.2 Å². The van der Waals surface area contributed by atoms with Crippen LogP contribution in [0.4, 0.5) is 0 Å². The van der Waals surface area contributed by atoms with E-state index in [9.17, 15) is 24.0 Å². The van der Waals surface area contributed by atoms with Crippen molar-refractivity contribution in [1.82, 2.24) is 0 Å². The molecule has 1 atom stereocenters. The summed E-state index contributed by atoms with van der Waals surface area (Å²) in [5.74, 6) is -1.32. The Hall–Kier alpha value is -5.91. The normalized spacial score (nSPS) is 14.4. The van der Waals surface area contributed by atoms with Crippen molar-refractivity contribution >= 4 is 29.8 Å². The summed E-state index contributed by atoms with van der Waals surface area (Å²) in [6, 6.07) is 17.9. The van der Waals surface area contributed by atoms with Gasteiger partial charge in [0.2, 0.25) is 0 Å². The van der Waals surface area contributed by atoms with E-state index >= 15 is 0 Å². The second-order valence-electron chi connectivity index (χ2n) is 13.3. The number of methoxy groups -OCH3 is 1. The predicted molar refractivity (Wildman–Crippen MR) is 201 cm³/mol. The highest BCUT2D eigenvalue weighted by Crippen LogP contribution is 2.47. The standard InChI is InChI=1S/C43H46O12/c1-27(23-39(44)49-4)41(46)52-20-8-19-50-31-13-11-30(12-14-31)43(48)55-34-16-18-36-35-17-15-33(25-37(35)29(3)38(36)26-34)51-21-22-53-42(47)28(2)24-40(45)54-32-9-6-5-7-10-32/h11-18,25-26,29,32H,1-2,5-10,19-24H2,3-4H3. The predicted octanol–water partition coefficient (Wildman–Crippen LogP) is 7.21. The van der Waals surface area contributed by atoms with E-state index in [1.54, 1.807) is 30.3 Å². The van der Waals surface area contributed by atoms with Gasteiger partial charge in [-0.25, -0.2) is 14.4 Å². The van der Waals surface area contributed by atoms with Crippen molar-refractivity contribution in [2.45, 2.75) is 70.3 Å². The van der Waals surface area contributed by atoms with Crippen molar-refractivity contribution in [2.24, 2.45) is 0 Å². The van der Waals surface area contributed by atoms with Crippen LogP contribution in [0, 0.1) is 0 Å². The van der Waals surface area contributed by atoms with Gasteiger partial charge in [0.15, 0.2) is 0 Å². The van der Waals surface area contributed by atoms with Crippen molar-refractivity contribution in [3.63, 3.8) is 0 Å². The van der Waals surface area contributed by atoms with E-state index in [0.717, 1.165) is 54.4 Å². The zero-order valence-corrected chi connectivity index (χ0v) is 31.2. The van der Waals surface area contributed by atoms with Gasteiger partial charge in [0, 0.05) is 23.5 Å². The molecule has 3 aromatic carbocycles. The third kappa shape index (κ3) is 11.3. The first kappa shape index (κ1) is 40.3. The Morgan fingerprint density at radius 1 is 0.655 bits per heavy atom. The Morgan fingerprint density at radius 2 is 1.22 bits per heavy atom. The van der Waals surface area contributed by atoms with Crippen LogP contribution in [0.5, 0.6) is 17.2 Å². The second-order valence-corrected chi connectivity index (χ2v) is 13.3. The van der Waals surface area contributed by atoms with Crippen LogP contribution in [0.2, 0.25) is 0 Å². The minimum absolute atomic E-state index is 0.000327.